The molecule has 0 aliphatic heterocycles. The Hall–Kier alpha value is -1.32. The highest BCUT2D eigenvalue weighted by Crippen LogP contribution is 2.29. The van der Waals surface area contributed by atoms with Gasteiger partial charge in [-0.2, -0.15) is 0 Å². The van der Waals surface area contributed by atoms with Gasteiger partial charge in [0.15, 0.2) is 0 Å². The molecule has 112 valence electrons. The summed E-state index contributed by atoms with van der Waals surface area (Å²) in [6.07, 6.45) is 0.975. The molecule has 0 amide bonds. The van der Waals surface area contributed by atoms with Crippen LogP contribution < -0.4 is 10.1 Å². The molecule has 2 aromatic carbocycles. The van der Waals surface area contributed by atoms with E-state index in [-0.39, 0.29) is 6.04 Å². The van der Waals surface area contributed by atoms with Gasteiger partial charge in [0.25, 0.3) is 0 Å². The molecule has 2 aromatic rings. The standard InChI is InChI=1S/C18H22BrNO/c1-12-5-6-13(2)15(9-12)11-17(20-3)14-7-8-18(21-4)16(19)10-14/h5-10,17,20H,11H2,1-4H3. The lowest BCUT2D eigenvalue weighted by Crippen LogP contribution is -2.19. The third-order valence-electron chi connectivity index (χ3n) is 3.86. The van der Waals surface area contributed by atoms with E-state index in [9.17, 15) is 0 Å². The molecule has 2 nitrogen and oxygen atoms in total. The quantitative estimate of drug-likeness (QED) is 0.854. The second kappa shape index (κ2) is 7.10. The zero-order valence-electron chi connectivity index (χ0n) is 13.0. The third kappa shape index (κ3) is 3.86. The van der Waals surface area contributed by atoms with Gasteiger partial charge in [-0.15, -0.1) is 0 Å². The average Bonchev–Trinajstić information content (AvgIpc) is 2.48. The van der Waals surface area contributed by atoms with Gasteiger partial charge in [0, 0.05) is 6.04 Å². The Labute approximate surface area is 135 Å². The number of rotatable bonds is 5. The highest BCUT2D eigenvalue weighted by Gasteiger charge is 2.13. The zero-order chi connectivity index (χ0) is 15.4. The molecular weight excluding hydrogens is 326 g/mol. The highest BCUT2D eigenvalue weighted by molar-refractivity contribution is 9.10. The number of methoxy groups -OCH3 is 1. The van der Waals surface area contributed by atoms with E-state index in [2.05, 4.69) is 65.4 Å². The molecule has 0 fully saturated rings. The Bertz CT molecular complexity index is 625. The first kappa shape index (κ1) is 16.1. The van der Waals surface area contributed by atoms with E-state index < -0.39 is 0 Å². The lowest BCUT2D eigenvalue weighted by molar-refractivity contribution is 0.411. The molecular formula is C18H22BrNO. The van der Waals surface area contributed by atoms with Crippen molar-refractivity contribution in [3.8, 4) is 5.75 Å². The molecule has 1 N–H and O–H groups in total. The van der Waals surface area contributed by atoms with Crippen LogP contribution in [0, 0.1) is 13.8 Å². The van der Waals surface area contributed by atoms with Crippen LogP contribution in [-0.2, 0) is 6.42 Å². The number of nitrogens with one attached hydrogen (secondary N) is 1. The van der Waals surface area contributed by atoms with Gasteiger partial charge in [-0.3, -0.25) is 0 Å². The van der Waals surface area contributed by atoms with Gasteiger partial charge >= 0.3 is 0 Å². The van der Waals surface area contributed by atoms with E-state index in [1.807, 2.05) is 13.1 Å². The molecule has 1 unspecified atom stereocenters. The molecule has 1 atom stereocenters. The lowest BCUT2D eigenvalue weighted by Gasteiger charge is -2.19. The second-order valence-electron chi connectivity index (χ2n) is 5.37. The average molecular weight is 348 g/mol. The number of ether oxygens (including phenoxy) is 1. The SMILES string of the molecule is CNC(Cc1cc(C)ccc1C)c1ccc(OC)c(Br)c1. The molecule has 0 saturated heterocycles. The maximum absolute atomic E-state index is 5.30. The van der Waals surface area contributed by atoms with Gasteiger partial charge < -0.3 is 10.1 Å². The van der Waals surface area contributed by atoms with Crippen molar-refractivity contribution in [2.24, 2.45) is 0 Å². The van der Waals surface area contributed by atoms with Crippen LogP contribution in [0.25, 0.3) is 0 Å². The Kier molecular flexibility index (Phi) is 5.43. The largest absolute Gasteiger partial charge is 0.496 e. The molecule has 21 heavy (non-hydrogen) atoms. The summed E-state index contributed by atoms with van der Waals surface area (Å²) in [6.45, 7) is 4.31. The van der Waals surface area contributed by atoms with Crippen molar-refractivity contribution in [1.82, 2.24) is 5.32 Å². The number of hydrogen-bond donors (Lipinski definition) is 1. The number of halogens is 1. The first-order chi connectivity index (χ1) is 10.0. The van der Waals surface area contributed by atoms with Gasteiger partial charge in [0.1, 0.15) is 5.75 Å². The van der Waals surface area contributed by atoms with Gasteiger partial charge in [0.05, 0.1) is 11.6 Å². The summed E-state index contributed by atoms with van der Waals surface area (Å²) in [7, 11) is 3.69. The molecule has 0 aromatic heterocycles. The van der Waals surface area contributed by atoms with Crippen LogP contribution in [0.15, 0.2) is 40.9 Å². The van der Waals surface area contributed by atoms with Gasteiger partial charge in [-0.25, -0.2) is 0 Å². The predicted octanol–water partition coefficient (Wildman–Crippen LogP) is 4.58. The van der Waals surface area contributed by atoms with Gasteiger partial charge in [-0.05, 0) is 72.1 Å². The minimum Gasteiger partial charge on any atom is -0.496 e. The second-order valence-corrected chi connectivity index (χ2v) is 6.22. The van der Waals surface area contributed by atoms with Crippen LogP contribution in [-0.4, -0.2) is 14.2 Å². The molecule has 0 bridgehead atoms. The van der Waals surface area contributed by atoms with Crippen LogP contribution in [0.1, 0.15) is 28.3 Å². The molecule has 0 spiro atoms. The molecule has 0 radical (unpaired) electrons. The first-order valence-corrected chi connectivity index (χ1v) is 7.91. The summed E-state index contributed by atoms with van der Waals surface area (Å²) >= 11 is 3.56. The van der Waals surface area contributed by atoms with E-state index in [0.29, 0.717) is 0 Å². The number of benzene rings is 2. The Morgan fingerprint density at radius 3 is 2.52 bits per heavy atom. The fraction of sp³-hybridized carbons (Fsp3) is 0.333. The Morgan fingerprint density at radius 1 is 1.14 bits per heavy atom. The van der Waals surface area contributed by atoms with Gasteiger partial charge in [0.2, 0.25) is 0 Å². The number of hydrogen-bond acceptors (Lipinski definition) is 2. The smallest absolute Gasteiger partial charge is 0.133 e. The van der Waals surface area contributed by atoms with Crippen molar-refractivity contribution in [3.63, 3.8) is 0 Å². The molecule has 0 aliphatic rings. The number of likely N-dealkylation sites (N-methyl/N-ethyl adjacent to an activating group) is 1. The monoisotopic (exact) mass is 347 g/mol. The maximum atomic E-state index is 5.30. The van der Waals surface area contributed by atoms with Crippen molar-refractivity contribution >= 4 is 15.9 Å². The maximum Gasteiger partial charge on any atom is 0.133 e. The molecule has 0 aliphatic carbocycles. The van der Waals surface area contributed by atoms with Gasteiger partial charge in [-0.1, -0.05) is 29.8 Å². The summed E-state index contributed by atoms with van der Waals surface area (Å²) < 4.78 is 6.29. The van der Waals surface area contributed by atoms with E-state index in [0.717, 1.165) is 16.6 Å². The zero-order valence-corrected chi connectivity index (χ0v) is 14.6. The normalized spacial score (nSPS) is 12.2. The number of aryl methyl sites for hydroxylation is 2. The van der Waals surface area contributed by atoms with E-state index >= 15 is 0 Å². The van der Waals surface area contributed by atoms with Crippen LogP contribution in [0.3, 0.4) is 0 Å². The van der Waals surface area contributed by atoms with Crippen LogP contribution in [0.5, 0.6) is 5.75 Å². The van der Waals surface area contributed by atoms with Crippen LogP contribution in [0.4, 0.5) is 0 Å². The topological polar surface area (TPSA) is 21.3 Å². The van der Waals surface area contributed by atoms with Crippen molar-refractivity contribution in [2.45, 2.75) is 26.3 Å². The van der Waals surface area contributed by atoms with Crippen molar-refractivity contribution in [3.05, 3.63) is 63.1 Å². The third-order valence-corrected chi connectivity index (χ3v) is 4.48. The van der Waals surface area contributed by atoms with E-state index in [1.165, 1.54) is 22.3 Å². The predicted molar refractivity (Wildman–Crippen MR) is 92.1 cm³/mol. The minimum atomic E-state index is 0.285. The fourth-order valence-corrected chi connectivity index (χ4v) is 3.08. The summed E-state index contributed by atoms with van der Waals surface area (Å²) in [6, 6.07) is 13.2. The molecule has 0 saturated carbocycles. The summed E-state index contributed by atoms with van der Waals surface area (Å²) in [5, 5.41) is 3.42. The van der Waals surface area contributed by atoms with Crippen molar-refractivity contribution < 1.29 is 4.74 Å². The molecule has 3 heteroatoms. The fourth-order valence-electron chi connectivity index (χ4n) is 2.53. The van der Waals surface area contributed by atoms with E-state index in [4.69, 9.17) is 4.74 Å². The first-order valence-electron chi connectivity index (χ1n) is 7.12. The summed E-state index contributed by atoms with van der Waals surface area (Å²) in [5.41, 5.74) is 5.29. The summed E-state index contributed by atoms with van der Waals surface area (Å²) in [5.74, 6) is 0.861. The van der Waals surface area contributed by atoms with Crippen LogP contribution >= 0.6 is 15.9 Å². The van der Waals surface area contributed by atoms with E-state index in [1.54, 1.807) is 7.11 Å². The molecule has 0 heterocycles. The highest BCUT2D eigenvalue weighted by atomic mass is 79.9. The Balaban J connectivity index is 2.27. The minimum absolute atomic E-state index is 0.285. The van der Waals surface area contributed by atoms with Crippen molar-refractivity contribution in [2.75, 3.05) is 14.2 Å². The molecule has 2 rings (SSSR count). The summed E-state index contributed by atoms with van der Waals surface area (Å²) in [4.78, 5) is 0. The van der Waals surface area contributed by atoms with Crippen molar-refractivity contribution in [1.29, 1.82) is 0 Å². The van der Waals surface area contributed by atoms with Crippen LogP contribution in [0.2, 0.25) is 0 Å². The lowest BCUT2D eigenvalue weighted by atomic mass is 9.95. The Morgan fingerprint density at radius 2 is 1.90 bits per heavy atom.